The van der Waals surface area contributed by atoms with E-state index in [1.54, 1.807) is 18.2 Å². The number of methoxy groups -OCH3 is 1. The molecule has 4 heteroatoms. The van der Waals surface area contributed by atoms with Crippen molar-refractivity contribution >= 4 is 17.4 Å². The predicted molar refractivity (Wildman–Crippen MR) is 57.8 cm³/mol. The SMILES string of the molecule is COCOC(C(C)=O)c1ccccc1Cl. The summed E-state index contributed by atoms with van der Waals surface area (Å²) in [6.45, 7) is 1.53. The number of ketones is 1. The Kier molecular flexibility index (Phi) is 4.75. The summed E-state index contributed by atoms with van der Waals surface area (Å²) in [6, 6.07) is 7.11. The Hall–Kier alpha value is -0.900. The smallest absolute Gasteiger partial charge is 0.163 e. The predicted octanol–water partition coefficient (Wildman–Crippen LogP) is 2.59. The van der Waals surface area contributed by atoms with Crippen LogP contribution in [0.25, 0.3) is 0 Å². The molecule has 0 bridgehead atoms. The number of carbonyl (C=O) groups is 1. The summed E-state index contributed by atoms with van der Waals surface area (Å²) in [5.74, 6) is -0.0971. The zero-order valence-electron chi connectivity index (χ0n) is 8.70. The van der Waals surface area contributed by atoms with Gasteiger partial charge in [-0.25, -0.2) is 0 Å². The van der Waals surface area contributed by atoms with Crippen molar-refractivity contribution in [2.45, 2.75) is 13.0 Å². The Morgan fingerprint density at radius 2 is 2.13 bits per heavy atom. The van der Waals surface area contributed by atoms with Crippen molar-refractivity contribution in [2.75, 3.05) is 13.9 Å². The molecule has 0 aliphatic carbocycles. The quantitative estimate of drug-likeness (QED) is 0.727. The van der Waals surface area contributed by atoms with Crippen LogP contribution in [-0.2, 0) is 14.3 Å². The largest absolute Gasteiger partial charge is 0.359 e. The third-order valence-corrected chi connectivity index (χ3v) is 2.25. The molecule has 0 aliphatic rings. The van der Waals surface area contributed by atoms with Crippen LogP contribution < -0.4 is 0 Å². The van der Waals surface area contributed by atoms with Gasteiger partial charge in [-0.3, -0.25) is 4.79 Å². The first-order valence-corrected chi connectivity index (χ1v) is 4.90. The number of carbonyl (C=O) groups excluding carboxylic acids is 1. The number of ether oxygens (including phenoxy) is 2. The van der Waals surface area contributed by atoms with Crippen LogP contribution in [0.1, 0.15) is 18.6 Å². The lowest BCUT2D eigenvalue weighted by molar-refractivity contribution is -0.138. The van der Waals surface area contributed by atoms with Gasteiger partial charge in [-0.15, -0.1) is 0 Å². The fraction of sp³-hybridized carbons (Fsp3) is 0.364. The van der Waals surface area contributed by atoms with Gasteiger partial charge in [-0.05, 0) is 13.0 Å². The van der Waals surface area contributed by atoms with Gasteiger partial charge in [0.1, 0.15) is 12.9 Å². The van der Waals surface area contributed by atoms with Crippen molar-refractivity contribution in [1.82, 2.24) is 0 Å². The first-order valence-electron chi connectivity index (χ1n) is 4.52. The summed E-state index contributed by atoms with van der Waals surface area (Å²) in [6.07, 6.45) is -0.654. The average Bonchev–Trinajstić information content (AvgIpc) is 2.20. The van der Waals surface area contributed by atoms with E-state index in [1.807, 2.05) is 6.07 Å². The highest BCUT2D eigenvalue weighted by Crippen LogP contribution is 2.25. The zero-order valence-corrected chi connectivity index (χ0v) is 9.45. The molecule has 0 aromatic heterocycles. The summed E-state index contributed by atoms with van der Waals surface area (Å²) >= 11 is 5.97. The van der Waals surface area contributed by atoms with Crippen LogP contribution in [0.2, 0.25) is 5.02 Å². The molecule has 1 atom stereocenters. The Labute approximate surface area is 93.9 Å². The molecular weight excluding hydrogens is 216 g/mol. The molecule has 1 rings (SSSR count). The normalized spacial score (nSPS) is 12.5. The summed E-state index contributed by atoms with van der Waals surface area (Å²) in [4.78, 5) is 11.4. The minimum Gasteiger partial charge on any atom is -0.359 e. The van der Waals surface area contributed by atoms with Crippen molar-refractivity contribution < 1.29 is 14.3 Å². The van der Waals surface area contributed by atoms with Gasteiger partial charge < -0.3 is 9.47 Å². The number of rotatable bonds is 5. The lowest BCUT2D eigenvalue weighted by Gasteiger charge is -2.15. The molecule has 0 radical (unpaired) electrons. The highest BCUT2D eigenvalue weighted by Gasteiger charge is 2.19. The summed E-state index contributed by atoms with van der Waals surface area (Å²) in [5.41, 5.74) is 0.670. The van der Waals surface area contributed by atoms with Crippen LogP contribution in [-0.4, -0.2) is 19.7 Å². The van der Waals surface area contributed by atoms with Crippen LogP contribution in [0, 0.1) is 0 Å². The van der Waals surface area contributed by atoms with E-state index < -0.39 is 6.10 Å². The zero-order chi connectivity index (χ0) is 11.3. The lowest BCUT2D eigenvalue weighted by Crippen LogP contribution is -2.14. The molecular formula is C11H13ClO3. The van der Waals surface area contributed by atoms with Crippen molar-refractivity contribution in [3.63, 3.8) is 0 Å². The fourth-order valence-corrected chi connectivity index (χ4v) is 1.48. The molecule has 0 aliphatic heterocycles. The molecule has 3 nitrogen and oxygen atoms in total. The maximum Gasteiger partial charge on any atom is 0.163 e. The van der Waals surface area contributed by atoms with E-state index >= 15 is 0 Å². The first kappa shape index (κ1) is 12.2. The van der Waals surface area contributed by atoms with E-state index in [-0.39, 0.29) is 12.6 Å². The highest BCUT2D eigenvalue weighted by atomic mass is 35.5. The molecule has 1 unspecified atom stereocenters. The van der Waals surface area contributed by atoms with Gasteiger partial charge in [0, 0.05) is 17.7 Å². The van der Waals surface area contributed by atoms with Crippen LogP contribution in [0.5, 0.6) is 0 Å². The Bertz CT molecular complexity index is 338. The van der Waals surface area contributed by atoms with Crippen LogP contribution in [0.4, 0.5) is 0 Å². The van der Waals surface area contributed by atoms with Gasteiger partial charge in [0.15, 0.2) is 5.78 Å². The summed E-state index contributed by atoms with van der Waals surface area (Å²) in [7, 11) is 1.50. The molecule has 0 spiro atoms. The van der Waals surface area contributed by atoms with Gasteiger partial charge in [-0.1, -0.05) is 29.8 Å². The van der Waals surface area contributed by atoms with Crippen LogP contribution in [0.3, 0.4) is 0 Å². The molecule has 15 heavy (non-hydrogen) atoms. The second-order valence-corrected chi connectivity index (χ2v) is 3.49. The molecule has 0 saturated heterocycles. The van der Waals surface area contributed by atoms with Crippen molar-refractivity contribution in [3.8, 4) is 0 Å². The van der Waals surface area contributed by atoms with E-state index in [9.17, 15) is 4.79 Å². The lowest BCUT2D eigenvalue weighted by atomic mass is 10.1. The Morgan fingerprint density at radius 1 is 1.47 bits per heavy atom. The van der Waals surface area contributed by atoms with E-state index in [0.717, 1.165) is 0 Å². The van der Waals surface area contributed by atoms with Gasteiger partial charge >= 0.3 is 0 Å². The maximum atomic E-state index is 11.4. The third kappa shape index (κ3) is 3.30. The molecule has 1 aromatic rings. The van der Waals surface area contributed by atoms with Crippen LogP contribution >= 0.6 is 11.6 Å². The average molecular weight is 229 g/mol. The molecule has 0 amide bonds. The summed E-state index contributed by atoms with van der Waals surface area (Å²) < 4.78 is 10.0. The highest BCUT2D eigenvalue weighted by molar-refractivity contribution is 6.31. The molecule has 1 aromatic carbocycles. The van der Waals surface area contributed by atoms with Gasteiger partial charge in [0.25, 0.3) is 0 Å². The third-order valence-electron chi connectivity index (χ3n) is 1.91. The minimum atomic E-state index is -0.654. The molecule has 0 heterocycles. The van der Waals surface area contributed by atoms with Crippen molar-refractivity contribution in [2.24, 2.45) is 0 Å². The molecule has 0 saturated carbocycles. The number of hydrogen-bond donors (Lipinski definition) is 0. The van der Waals surface area contributed by atoms with Gasteiger partial charge in [0.2, 0.25) is 0 Å². The number of halogens is 1. The second-order valence-electron chi connectivity index (χ2n) is 3.09. The standard InChI is InChI=1S/C11H13ClO3/c1-8(13)11(15-7-14-2)9-5-3-4-6-10(9)12/h3-6,11H,7H2,1-2H3. The first-order chi connectivity index (χ1) is 7.16. The van der Waals surface area contributed by atoms with Crippen molar-refractivity contribution in [3.05, 3.63) is 34.9 Å². The van der Waals surface area contributed by atoms with E-state index in [1.165, 1.54) is 14.0 Å². The molecule has 0 fully saturated rings. The van der Waals surface area contributed by atoms with Gasteiger partial charge in [0.05, 0.1) is 0 Å². The van der Waals surface area contributed by atoms with E-state index in [0.29, 0.717) is 10.6 Å². The van der Waals surface area contributed by atoms with E-state index in [4.69, 9.17) is 21.1 Å². The maximum absolute atomic E-state index is 11.4. The topological polar surface area (TPSA) is 35.5 Å². The van der Waals surface area contributed by atoms with E-state index in [2.05, 4.69) is 0 Å². The van der Waals surface area contributed by atoms with Crippen molar-refractivity contribution in [1.29, 1.82) is 0 Å². The number of Topliss-reactive ketones (excluding diaryl/α,β-unsaturated/α-hetero) is 1. The van der Waals surface area contributed by atoms with Crippen LogP contribution in [0.15, 0.2) is 24.3 Å². The molecule has 0 N–H and O–H groups in total. The van der Waals surface area contributed by atoms with Gasteiger partial charge in [-0.2, -0.15) is 0 Å². The Balaban J connectivity index is 2.89. The monoisotopic (exact) mass is 228 g/mol. The Morgan fingerprint density at radius 3 is 2.67 bits per heavy atom. The fourth-order valence-electron chi connectivity index (χ4n) is 1.25. The molecule has 82 valence electrons. The number of hydrogen-bond acceptors (Lipinski definition) is 3. The number of benzene rings is 1. The minimum absolute atomic E-state index is 0.0650. The summed E-state index contributed by atoms with van der Waals surface area (Å²) in [5, 5.41) is 0.522. The second kappa shape index (κ2) is 5.85.